The Labute approximate surface area is 95.9 Å². The van der Waals surface area contributed by atoms with E-state index in [-0.39, 0.29) is 0 Å². The number of hydrogen-bond donors (Lipinski definition) is 0. The van der Waals surface area contributed by atoms with Gasteiger partial charge in [-0.05, 0) is 11.5 Å². The van der Waals surface area contributed by atoms with Gasteiger partial charge in [0.2, 0.25) is 0 Å². The lowest BCUT2D eigenvalue weighted by atomic mass is 10.1. The van der Waals surface area contributed by atoms with Crippen LogP contribution in [-0.2, 0) is 15.6 Å². The van der Waals surface area contributed by atoms with Crippen LogP contribution >= 0.6 is 0 Å². The van der Waals surface area contributed by atoms with E-state index in [1.165, 1.54) is 5.06 Å². The van der Waals surface area contributed by atoms with Crippen LogP contribution in [0.5, 0.6) is 0 Å². The summed E-state index contributed by atoms with van der Waals surface area (Å²) in [5.41, 5.74) is 0.710. The monoisotopic (exact) mass is 236 g/mol. The van der Waals surface area contributed by atoms with Crippen LogP contribution in [0.25, 0.3) is 10.8 Å². The molecule has 0 fully saturated rings. The molecule has 0 N–H and O–H groups in total. The van der Waals surface area contributed by atoms with Gasteiger partial charge in [-0.3, -0.25) is 0 Å². The number of anilines is 1. The fourth-order valence-electron chi connectivity index (χ4n) is 1.61. The van der Waals surface area contributed by atoms with Gasteiger partial charge < -0.3 is 4.55 Å². The Hall–Kier alpha value is -1.43. The predicted octanol–water partition coefficient (Wildman–Crippen LogP) is 2.00. The van der Waals surface area contributed by atoms with Crippen molar-refractivity contribution in [2.24, 2.45) is 0 Å². The molecule has 0 heterocycles. The van der Waals surface area contributed by atoms with Gasteiger partial charge in [-0.1, -0.05) is 36.4 Å². The minimum atomic E-state index is -2.56. The maximum Gasteiger partial charge on any atom is 0.112 e. The van der Waals surface area contributed by atoms with Crippen molar-refractivity contribution in [3.8, 4) is 0 Å². The number of fused-ring (bicyclic) bond motifs is 1. The van der Waals surface area contributed by atoms with Gasteiger partial charge in [-0.15, -0.1) is 0 Å². The van der Waals surface area contributed by atoms with E-state index in [1.807, 2.05) is 36.4 Å². The van der Waals surface area contributed by atoms with E-state index in [0.29, 0.717) is 5.69 Å². The SMILES string of the molecule is CN(OS(=O)[O-])c1cccc2ccccc12. The fourth-order valence-corrected chi connectivity index (χ4v) is 1.88. The van der Waals surface area contributed by atoms with Crippen molar-refractivity contribution in [3.63, 3.8) is 0 Å². The Morgan fingerprint density at radius 3 is 2.62 bits per heavy atom. The highest BCUT2D eigenvalue weighted by Crippen LogP contribution is 2.25. The van der Waals surface area contributed by atoms with Gasteiger partial charge in [0.15, 0.2) is 0 Å². The molecule has 2 aromatic rings. The summed E-state index contributed by atoms with van der Waals surface area (Å²) in [6.45, 7) is 0. The van der Waals surface area contributed by atoms with Crippen LogP contribution in [0, 0.1) is 0 Å². The Balaban J connectivity index is 2.47. The molecule has 0 radical (unpaired) electrons. The third kappa shape index (κ3) is 2.21. The molecule has 0 spiro atoms. The zero-order valence-corrected chi connectivity index (χ0v) is 9.44. The van der Waals surface area contributed by atoms with Crippen LogP contribution in [0.1, 0.15) is 0 Å². The second kappa shape index (κ2) is 4.61. The Morgan fingerprint density at radius 2 is 1.88 bits per heavy atom. The summed E-state index contributed by atoms with van der Waals surface area (Å²) in [6.07, 6.45) is 0. The van der Waals surface area contributed by atoms with Crippen molar-refractivity contribution in [2.45, 2.75) is 0 Å². The van der Waals surface area contributed by atoms with Crippen LogP contribution in [0.2, 0.25) is 0 Å². The third-order valence-corrected chi connectivity index (χ3v) is 2.62. The zero-order chi connectivity index (χ0) is 11.5. The molecule has 0 aromatic heterocycles. The molecule has 0 saturated heterocycles. The minimum Gasteiger partial charge on any atom is -0.748 e. The topological polar surface area (TPSA) is 52.6 Å². The first-order valence-corrected chi connectivity index (χ1v) is 5.67. The van der Waals surface area contributed by atoms with Crippen molar-refractivity contribution in [2.75, 3.05) is 12.1 Å². The second-order valence-corrected chi connectivity index (χ2v) is 3.83. The van der Waals surface area contributed by atoms with Crippen LogP contribution in [0.4, 0.5) is 5.69 Å². The van der Waals surface area contributed by atoms with E-state index in [0.717, 1.165) is 10.8 Å². The van der Waals surface area contributed by atoms with Crippen molar-refractivity contribution in [3.05, 3.63) is 42.5 Å². The van der Waals surface area contributed by atoms with Gasteiger partial charge >= 0.3 is 0 Å². The molecule has 1 unspecified atom stereocenters. The van der Waals surface area contributed by atoms with Gasteiger partial charge in [-0.2, -0.15) is 4.28 Å². The van der Waals surface area contributed by atoms with Gasteiger partial charge in [0.25, 0.3) is 0 Å². The Kier molecular flexibility index (Phi) is 3.19. The highest BCUT2D eigenvalue weighted by Gasteiger charge is 2.05. The molecule has 2 aromatic carbocycles. The fraction of sp³-hybridized carbons (Fsp3) is 0.0909. The van der Waals surface area contributed by atoms with Crippen molar-refractivity contribution < 1.29 is 13.0 Å². The van der Waals surface area contributed by atoms with Gasteiger partial charge in [-0.25, -0.2) is 9.27 Å². The first kappa shape index (κ1) is 11.1. The Morgan fingerprint density at radius 1 is 1.19 bits per heavy atom. The van der Waals surface area contributed by atoms with E-state index in [2.05, 4.69) is 4.28 Å². The predicted molar refractivity (Wildman–Crippen MR) is 62.4 cm³/mol. The standard InChI is InChI=1S/C11H11NO3S/c1-12(15-16(13)14)11-8-4-6-9-5-2-3-7-10(9)11/h2-8H,1H3,(H,13,14)/p-1. The number of hydrogen-bond acceptors (Lipinski definition) is 4. The summed E-state index contributed by atoms with van der Waals surface area (Å²) < 4.78 is 25.5. The molecule has 1 atom stereocenters. The first-order chi connectivity index (χ1) is 7.68. The molecule has 5 heteroatoms. The third-order valence-electron chi connectivity index (χ3n) is 2.28. The van der Waals surface area contributed by atoms with Gasteiger partial charge in [0.1, 0.15) is 11.4 Å². The lowest BCUT2D eigenvalue weighted by Gasteiger charge is -2.20. The largest absolute Gasteiger partial charge is 0.748 e. The highest BCUT2D eigenvalue weighted by atomic mass is 32.2. The average Bonchev–Trinajstić information content (AvgIpc) is 2.27. The average molecular weight is 236 g/mol. The Bertz CT molecular complexity index is 524. The molecule has 84 valence electrons. The van der Waals surface area contributed by atoms with Crippen LogP contribution in [-0.4, -0.2) is 15.8 Å². The van der Waals surface area contributed by atoms with Crippen LogP contribution < -0.4 is 5.06 Å². The second-order valence-electron chi connectivity index (χ2n) is 3.27. The van der Waals surface area contributed by atoms with Crippen molar-refractivity contribution in [1.82, 2.24) is 0 Å². The molecule has 0 aliphatic carbocycles. The molecule has 0 amide bonds. The molecular weight excluding hydrogens is 226 g/mol. The zero-order valence-electron chi connectivity index (χ0n) is 8.62. The molecule has 0 aliphatic rings. The summed E-state index contributed by atoms with van der Waals surface area (Å²) in [5.74, 6) is 0. The van der Waals surface area contributed by atoms with E-state index in [9.17, 15) is 8.76 Å². The summed E-state index contributed by atoms with van der Waals surface area (Å²) >= 11 is -2.56. The molecule has 4 nitrogen and oxygen atoms in total. The molecule has 2 rings (SSSR count). The van der Waals surface area contributed by atoms with Crippen LogP contribution in [0.3, 0.4) is 0 Å². The molecule has 0 aliphatic heterocycles. The number of benzene rings is 2. The number of hydroxylamine groups is 1. The van der Waals surface area contributed by atoms with Crippen LogP contribution in [0.15, 0.2) is 42.5 Å². The van der Waals surface area contributed by atoms with E-state index >= 15 is 0 Å². The number of nitrogens with zero attached hydrogens (tertiary/aromatic N) is 1. The smallest absolute Gasteiger partial charge is 0.112 e. The van der Waals surface area contributed by atoms with E-state index in [1.54, 1.807) is 13.1 Å². The first-order valence-electron chi connectivity index (χ1n) is 4.67. The normalized spacial score (nSPS) is 12.6. The molecular formula is C11H10NO3S-. The van der Waals surface area contributed by atoms with Crippen molar-refractivity contribution >= 4 is 27.8 Å². The lowest BCUT2D eigenvalue weighted by Crippen LogP contribution is -2.19. The summed E-state index contributed by atoms with van der Waals surface area (Å²) in [5, 5.41) is 3.20. The van der Waals surface area contributed by atoms with E-state index < -0.39 is 11.4 Å². The summed E-state index contributed by atoms with van der Waals surface area (Å²) in [4.78, 5) is 0. The van der Waals surface area contributed by atoms with E-state index in [4.69, 9.17) is 0 Å². The summed E-state index contributed by atoms with van der Waals surface area (Å²) in [7, 11) is 1.55. The van der Waals surface area contributed by atoms with Gasteiger partial charge in [0, 0.05) is 12.4 Å². The highest BCUT2D eigenvalue weighted by molar-refractivity contribution is 7.74. The lowest BCUT2D eigenvalue weighted by molar-refractivity contribution is 0.290. The minimum absolute atomic E-state index is 0.710. The summed E-state index contributed by atoms with van der Waals surface area (Å²) in [6, 6.07) is 13.3. The molecule has 0 bridgehead atoms. The number of rotatable bonds is 3. The molecule has 16 heavy (non-hydrogen) atoms. The quantitative estimate of drug-likeness (QED) is 0.604. The van der Waals surface area contributed by atoms with Crippen molar-refractivity contribution in [1.29, 1.82) is 0 Å². The molecule has 0 saturated carbocycles. The van der Waals surface area contributed by atoms with Gasteiger partial charge in [0.05, 0.1) is 5.69 Å². The maximum atomic E-state index is 10.5. The maximum absolute atomic E-state index is 10.5.